The third-order valence-corrected chi connectivity index (χ3v) is 3.81. The molecular formula is C13H17ClN2O3. The topological polar surface area (TPSA) is 55.6 Å². The molecule has 0 bridgehead atoms. The van der Waals surface area contributed by atoms with E-state index in [2.05, 4.69) is 0 Å². The summed E-state index contributed by atoms with van der Waals surface area (Å²) < 4.78 is 5.16. The third kappa shape index (κ3) is 3.16. The number of benzene rings is 1. The van der Waals surface area contributed by atoms with Crippen LogP contribution < -0.4 is 4.90 Å². The van der Waals surface area contributed by atoms with Gasteiger partial charge in [-0.05, 0) is 30.9 Å². The summed E-state index contributed by atoms with van der Waals surface area (Å²) in [6, 6.07) is 5.08. The van der Waals surface area contributed by atoms with Crippen LogP contribution in [0.4, 0.5) is 11.4 Å². The summed E-state index contributed by atoms with van der Waals surface area (Å²) in [4.78, 5) is 12.8. The molecule has 0 saturated carbocycles. The fraction of sp³-hybridized carbons (Fsp3) is 0.538. The Balaban J connectivity index is 2.15. The van der Waals surface area contributed by atoms with Crippen molar-refractivity contribution in [3.05, 3.63) is 33.3 Å². The zero-order valence-electron chi connectivity index (χ0n) is 10.8. The van der Waals surface area contributed by atoms with Gasteiger partial charge >= 0.3 is 5.69 Å². The predicted octanol–water partition coefficient (Wildman–Crippen LogP) is 3.11. The Labute approximate surface area is 117 Å². The SMILES string of the molecule is COCC1CCN(c2cccc(Cl)c2[N+](=O)[O-])CC1. The Hall–Kier alpha value is -1.33. The van der Waals surface area contributed by atoms with Gasteiger partial charge in [-0.3, -0.25) is 10.1 Å². The smallest absolute Gasteiger partial charge is 0.310 e. The Morgan fingerprint density at radius 3 is 2.74 bits per heavy atom. The highest BCUT2D eigenvalue weighted by atomic mass is 35.5. The molecule has 1 fully saturated rings. The molecule has 104 valence electrons. The van der Waals surface area contributed by atoms with Crippen LogP contribution >= 0.6 is 11.6 Å². The Morgan fingerprint density at radius 1 is 1.47 bits per heavy atom. The summed E-state index contributed by atoms with van der Waals surface area (Å²) in [5, 5.41) is 11.3. The molecule has 2 rings (SSSR count). The van der Waals surface area contributed by atoms with E-state index in [4.69, 9.17) is 16.3 Å². The molecule has 1 aromatic carbocycles. The zero-order valence-corrected chi connectivity index (χ0v) is 11.6. The van der Waals surface area contributed by atoms with Crippen molar-refractivity contribution >= 4 is 23.0 Å². The number of piperidine rings is 1. The highest BCUT2D eigenvalue weighted by Gasteiger charge is 2.26. The van der Waals surface area contributed by atoms with Gasteiger partial charge < -0.3 is 9.64 Å². The number of methoxy groups -OCH3 is 1. The van der Waals surface area contributed by atoms with Gasteiger partial charge in [0.25, 0.3) is 0 Å². The molecule has 0 radical (unpaired) electrons. The highest BCUT2D eigenvalue weighted by molar-refractivity contribution is 6.33. The molecule has 1 aromatic rings. The number of nitro benzene ring substituents is 1. The Bertz CT molecular complexity index is 459. The molecule has 6 heteroatoms. The lowest BCUT2D eigenvalue weighted by atomic mass is 9.97. The van der Waals surface area contributed by atoms with Crippen molar-refractivity contribution in [2.45, 2.75) is 12.8 Å². The van der Waals surface area contributed by atoms with Crippen LogP contribution in [-0.2, 0) is 4.74 Å². The first kappa shape index (κ1) is 14.1. The van der Waals surface area contributed by atoms with Gasteiger partial charge in [0.15, 0.2) is 0 Å². The molecule has 0 atom stereocenters. The van der Waals surface area contributed by atoms with E-state index >= 15 is 0 Å². The first-order valence-electron chi connectivity index (χ1n) is 6.30. The molecule has 0 aromatic heterocycles. The van der Waals surface area contributed by atoms with Crippen molar-refractivity contribution in [2.75, 3.05) is 31.7 Å². The van der Waals surface area contributed by atoms with Crippen LogP contribution in [0.1, 0.15) is 12.8 Å². The summed E-state index contributed by atoms with van der Waals surface area (Å²) >= 11 is 5.93. The van der Waals surface area contributed by atoms with Gasteiger partial charge in [0, 0.05) is 26.8 Å². The molecular weight excluding hydrogens is 268 g/mol. The summed E-state index contributed by atoms with van der Waals surface area (Å²) in [6.07, 6.45) is 1.97. The molecule has 0 N–H and O–H groups in total. The maximum absolute atomic E-state index is 11.1. The number of halogens is 1. The number of rotatable bonds is 4. The minimum absolute atomic E-state index is 0.00866. The highest BCUT2D eigenvalue weighted by Crippen LogP contribution is 2.36. The molecule has 0 amide bonds. The van der Waals surface area contributed by atoms with E-state index in [1.165, 1.54) is 0 Å². The van der Waals surface area contributed by atoms with E-state index in [0.717, 1.165) is 32.5 Å². The van der Waals surface area contributed by atoms with Gasteiger partial charge in [-0.15, -0.1) is 0 Å². The molecule has 1 saturated heterocycles. The van der Waals surface area contributed by atoms with E-state index in [1.54, 1.807) is 25.3 Å². The minimum Gasteiger partial charge on any atom is -0.384 e. The first-order valence-corrected chi connectivity index (χ1v) is 6.68. The molecule has 1 aliphatic heterocycles. The summed E-state index contributed by atoms with van der Waals surface area (Å²) in [5.41, 5.74) is 0.628. The van der Waals surface area contributed by atoms with Crippen molar-refractivity contribution in [2.24, 2.45) is 5.92 Å². The lowest BCUT2D eigenvalue weighted by Gasteiger charge is -2.33. The number of hydrogen-bond donors (Lipinski definition) is 0. The number of para-hydroxylation sites is 1. The van der Waals surface area contributed by atoms with Crippen LogP contribution in [0.15, 0.2) is 18.2 Å². The quantitative estimate of drug-likeness (QED) is 0.630. The average molecular weight is 285 g/mol. The number of hydrogen-bond acceptors (Lipinski definition) is 4. The summed E-state index contributed by atoms with van der Waals surface area (Å²) in [5.74, 6) is 0.541. The Kier molecular flexibility index (Phi) is 4.61. The molecule has 19 heavy (non-hydrogen) atoms. The van der Waals surface area contributed by atoms with Crippen LogP contribution in [0.3, 0.4) is 0 Å². The van der Waals surface area contributed by atoms with Crippen LogP contribution in [0.5, 0.6) is 0 Å². The Morgan fingerprint density at radius 2 is 2.16 bits per heavy atom. The van der Waals surface area contributed by atoms with Gasteiger partial charge in [-0.2, -0.15) is 0 Å². The number of nitro groups is 1. The normalized spacial score (nSPS) is 16.6. The second kappa shape index (κ2) is 6.21. The second-order valence-corrected chi connectivity index (χ2v) is 5.16. The van der Waals surface area contributed by atoms with Crippen molar-refractivity contribution in [3.8, 4) is 0 Å². The molecule has 0 aliphatic carbocycles. The van der Waals surface area contributed by atoms with Crippen molar-refractivity contribution < 1.29 is 9.66 Å². The second-order valence-electron chi connectivity index (χ2n) is 4.75. The van der Waals surface area contributed by atoms with E-state index < -0.39 is 4.92 Å². The van der Waals surface area contributed by atoms with E-state index in [9.17, 15) is 10.1 Å². The lowest BCUT2D eigenvalue weighted by Crippen LogP contribution is -2.35. The molecule has 0 unspecified atom stereocenters. The van der Waals surface area contributed by atoms with Crippen LogP contribution in [-0.4, -0.2) is 31.7 Å². The standard InChI is InChI=1S/C13H17ClN2O3/c1-19-9-10-5-7-15(8-6-10)12-4-2-3-11(14)13(12)16(17)18/h2-4,10H,5-9H2,1H3. The van der Waals surface area contributed by atoms with Crippen LogP contribution in [0.25, 0.3) is 0 Å². The third-order valence-electron chi connectivity index (χ3n) is 3.51. The van der Waals surface area contributed by atoms with E-state index in [0.29, 0.717) is 11.6 Å². The first-order chi connectivity index (χ1) is 9.13. The largest absolute Gasteiger partial charge is 0.384 e. The molecule has 5 nitrogen and oxygen atoms in total. The monoisotopic (exact) mass is 284 g/mol. The maximum atomic E-state index is 11.1. The van der Waals surface area contributed by atoms with Crippen molar-refractivity contribution in [1.82, 2.24) is 0 Å². The molecule has 1 aliphatic rings. The minimum atomic E-state index is -0.404. The van der Waals surface area contributed by atoms with Gasteiger partial charge in [-0.25, -0.2) is 0 Å². The van der Waals surface area contributed by atoms with Crippen molar-refractivity contribution in [3.63, 3.8) is 0 Å². The maximum Gasteiger partial charge on any atom is 0.310 e. The fourth-order valence-corrected chi connectivity index (χ4v) is 2.75. The number of ether oxygens (including phenoxy) is 1. The van der Waals surface area contributed by atoms with Crippen LogP contribution in [0, 0.1) is 16.0 Å². The van der Waals surface area contributed by atoms with Crippen molar-refractivity contribution in [1.29, 1.82) is 0 Å². The molecule has 0 spiro atoms. The average Bonchev–Trinajstić information content (AvgIpc) is 2.39. The number of nitrogens with zero attached hydrogens (tertiary/aromatic N) is 2. The predicted molar refractivity (Wildman–Crippen MR) is 74.9 cm³/mol. The zero-order chi connectivity index (χ0) is 13.8. The fourth-order valence-electron chi connectivity index (χ4n) is 2.52. The molecule has 1 heterocycles. The van der Waals surface area contributed by atoms with Gasteiger partial charge in [-0.1, -0.05) is 17.7 Å². The summed E-state index contributed by atoms with van der Waals surface area (Å²) in [6.45, 7) is 2.36. The van der Waals surface area contributed by atoms with Gasteiger partial charge in [0.2, 0.25) is 0 Å². The van der Waals surface area contributed by atoms with Gasteiger partial charge in [0.1, 0.15) is 10.7 Å². The van der Waals surface area contributed by atoms with E-state index in [1.807, 2.05) is 4.90 Å². The van der Waals surface area contributed by atoms with Gasteiger partial charge in [0.05, 0.1) is 4.92 Å². The number of anilines is 1. The summed E-state index contributed by atoms with van der Waals surface area (Å²) in [7, 11) is 1.70. The van der Waals surface area contributed by atoms with E-state index in [-0.39, 0.29) is 10.7 Å². The van der Waals surface area contributed by atoms with Crippen LogP contribution in [0.2, 0.25) is 5.02 Å². The lowest BCUT2D eigenvalue weighted by molar-refractivity contribution is -0.384.